The summed E-state index contributed by atoms with van der Waals surface area (Å²) in [7, 11) is 1.34. The second-order valence-corrected chi connectivity index (χ2v) is 5.13. The van der Waals surface area contributed by atoms with Crippen LogP contribution in [0.2, 0.25) is 5.02 Å². The molecule has 6 heteroatoms. The highest BCUT2D eigenvalue weighted by molar-refractivity contribution is 8.13. The van der Waals surface area contributed by atoms with Gasteiger partial charge >= 0.3 is 0 Å². The zero-order valence-corrected chi connectivity index (χ0v) is 8.41. The number of rotatable bonds is 1. The molecule has 0 radical (unpaired) electrons. The van der Waals surface area contributed by atoms with Crippen molar-refractivity contribution in [2.75, 3.05) is 0 Å². The first-order valence-electron chi connectivity index (χ1n) is 2.98. The number of aromatic nitrogens is 1. The van der Waals surface area contributed by atoms with E-state index < -0.39 is 9.05 Å². The first-order valence-corrected chi connectivity index (χ1v) is 5.67. The van der Waals surface area contributed by atoms with Crippen molar-refractivity contribution in [3.63, 3.8) is 0 Å². The lowest BCUT2D eigenvalue weighted by Gasteiger charge is -1.99. The summed E-state index contributed by atoms with van der Waals surface area (Å²) < 4.78 is 21.6. The maximum Gasteiger partial charge on any atom is 0.278 e. The first-order chi connectivity index (χ1) is 5.41. The second kappa shape index (κ2) is 3.20. The topological polar surface area (TPSA) is 47.0 Å². The van der Waals surface area contributed by atoms with Gasteiger partial charge in [-0.05, 0) is 18.6 Å². The summed E-state index contributed by atoms with van der Waals surface area (Å²) in [6.45, 7) is 1.58. The van der Waals surface area contributed by atoms with Gasteiger partial charge < -0.3 is 0 Å². The minimum Gasteiger partial charge on any atom is -0.242 e. The molecule has 0 N–H and O–H groups in total. The lowest BCUT2D eigenvalue weighted by Crippen LogP contribution is -1.97. The Hall–Kier alpha value is -0.320. The van der Waals surface area contributed by atoms with Crippen molar-refractivity contribution < 1.29 is 8.42 Å². The molecule has 1 aromatic rings. The van der Waals surface area contributed by atoms with Crippen LogP contribution in [-0.4, -0.2) is 13.4 Å². The van der Waals surface area contributed by atoms with E-state index in [9.17, 15) is 8.42 Å². The van der Waals surface area contributed by atoms with Crippen molar-refractivity contribution in [3.8, 4) is 0 Å². The Kier molecular flexibility index (Phi) is 2.61. The first kappa shape index (κ1) is 9.77. The smallest absolute Gasteiger partial charge is 0.242 e. The van der Waals surface area contributed by atoms with E-state index in [2.05, 4.69) is 4.98 Å². The van der Waals surface area contributed by atoms with Gasteiger partial charge in [-0.2, -0.15) is 0 Å². The van der Waals surface area contributed by atoms with Crippen LogP contribution in [0, 0.1) is 6.92 Å². The van der Waals surface area contributed by atoms with Gasteiger partial charge in [0.05, 0.1) is 5.02 Å². The summed E-state index contributed by atoms with van der Waals surface area (Å²) in [5.41, 5.74) is 0.442. The molecule has 66 valence electrons. The van der Waals surface area contributed by atoms with Gasteiger partial charge in [-0.15, -0.1) is 0 Å². The molecule has 3 nitrogen and oxygen atoms in total. The zero-order valence-electron chi connectivity index (χ0n) is 6.08. The molecule has 0 aliphatic carbocycles. The lowest BCUT2D eigenvalue weighted by molar-refractivity contribution is 0.605. The van der Waals surface area contributed by atoms with Gasteiger partial charge in [0.15, 0.2) is 5.03 Å². The molecule has 0 spiro atoms. The molecule has 0 fully saturated rings. The van der Waals surface area contributed by atoms with Crippen molar-refractivity contribution in [1.82, 2.24) is 4.98 Å². The Morgan fingerprint density at radius 3 is 2.50 bits per heavy atom. The van der Waals surface area contributed by atoms with Crippen LogP contribution in [0.3, 0.4) is 0 Å². The fraction of sp³-hybridized carbons (Fsp3) is 0.167. The van der Waals surface area contributed by atoms with E-state index in [0.717, 1.165) is 0 Å². The Bertz CT molecular complexity index is 402. The highest BCUT2D eigenvalue weighted by atomic mass is 35.7. The maximum absolute atomic E-state index is 10.8. The maximum atomic E-state index is 10.8. The monoisotopic (exact) mass is 225 g/mol. The summed E-state index contributed by atoms with van der Waals surface area (Å²) in [6, 6.07) is 1.49. The molecule has 1 heterocycles. The average molecular weight is 226 g/mol. The molecule has 0 bridgehead atoms. The third-order valence-electron chi connectivity index (χ3n) is 1.23. The molecule has 1 rings (SSSR count). The van der Waals surface area contributed by atoms with Gasteiger partial charge in [-0.3, -0.25) is 0 Å². The van der Waals surface area contributed by atoms with Gasteiger partial charge in [-0.1, -0.05) is 11.6 Å². The number of aryl methyl sites for hydroxylation is 1. The van der Waals surface area contributed by atoms with Crippen LogP contribution >= 0.6 is 22.3 Å². The number of pyridine rings is 1. The molecule has 0 atom stereocenters. The Morgan fingerprint density at radius 2 is 2.08 bits per heavy atom. The van der Waals surface area contributed by atoms with Gasteiger partial charge in [0.1, 0.15) is 0 Å². The van der Waals surface area contributed by atoms with Crippen LogP contribution in [0.5, 0.6) is 0 Å². The largest absolute Gasteiger partial charge is 0.278 e. The second-order valence-electron chi connectivity index (χ2n) is 2.21. The lowest BCUT2D eigenvalue weighted by atomic mass is 10.3. The predicted octanol–water partition coefficient (Wildman–Crippen LogP) is 1.97. The fourth-order valence-corrected chi connectivity index (χ4v) is 2.10. The summed E-state index contributed by atoms with van der Waals surface area (Å²) in [5, 5.41) is 0.241. The zero-order chi connectivity index (χ0) is 9.35. The summed E-state index contributed by atoms with van der Waals surface area (Å²) in [4.78, 5) is 3.60. The van der Waals surface area contributed by atoms with E-state index in [-0.39, 0.29) is 5.03 Å². The highest BCUT2D eigenvalue weighted by Crippen LogP contribution is 2.19. The fourth-order valence-electron chi connectivity index (χ4n) is 0.783. The van der Waals surface area contributed by atoms with Gasteiger partial charge in [0, 0.05) is 16.9 Å². The van der Waals surface area contributed by atoms with E-state index in [0.29, 0.717) is 10.6 Å². The molecule has 0 amide bonds. The average Bonchev–Trinajstić information content (AvgIpc) is 1.83. The van der Waals surface area contributed by atoms with Crippen LogP contribution in [0.15, 0.2) is 17.3 Å². The number of halogens is 2. The van der Waals surface area contributed by atoms with Crippen molar-refractivity contribution >= 4 is 31.3 Å². The van der Waals surface area contributed by atoms with E-state index in [1.54, 1.807) is 6.92 Å². The van der Waals surface area contributed by atoms with Crippen molar-refractivity contribution in [1.29, 1.82) is 0 Å². The van der Waals surface area contributed by atoms with Gasteiger partial charge in [0.2, 0.25) is 0 Å². The van der Waals surface area contributed by atoms with Crippen molar-refractivity contribution in [3.05, 3.63) is 22.8 Å². The third kappa shape index (κ3) is 2.09. The van der Waals surface area contributed by atoms with E-state index in [1.165, 1.54) is 12.3 Å². The summed E-state index contributed by atoms with van der Waals surface area (Å²) in [6.07, 6.45) is 1.24. The Balaban J connectivity index is 3.39. The van der Waals surface area contributed by atoms with E-state index in [1.807, 2.05) is 0 Å². The molecule has 1 aromatic heterocycles. The van der Waals surface area contributed by atoms with E-state index >= 15 is 0 Å². The molecule has 0 aromatic carbocycles. The number of hydrogen-bond donors (Lipinski definition) is 0. The van der Waals surface area contributed by atoms with Crippen LogP contribution in [-0.2, 0) is 9.05 Å². The Morgan fingerprint density at radius 1 is 1.50 bits per heavy atom. The normalized spacial score (nSPS) is 11.6. The third-order valence-corrected chi connectivity index (χ3v) is 2.76. The number of hydrogen-bond acceptors (Lipinski definition) is 3. The van der Waals surface area contributed by atoms with Crippen LogP contribution < -0.4 is 0 Å². The molecule has 0 aliphatic heterocycles. The van der Waals surface area contributed by atoms with Gasteiger partial charge in [0.25, 0.3) is 9.05 Å². The minimum atomic E-state index is -3.75. The SMILES string of the molecule is Cc1cc(Cl)cnc1S(=O)(=O)Cl. The molecule has 0 aliphatic rings. The van der Waals surface area contributed by atoms with Crippen molar-refractivity contribution in [2.45, 2.75) is 11.9 Å². The molecule has 0 saturated heterocycles. The molecular weight excluding hydrogens is 221 g/mol. The molecule has 0 unspecified atom stereocenters. The molecule has 0 saturated carbocycles. The predicted molar refractivity (Wildman–Crippen MR) is 47.0 cm³/mol. The summed E-state index contributed by atoms with van der Waals surface area (Å²) >= 11 is 5.57. The molecule has 12 heavy (non-hydrogen) atoms. The summed E-state index contributed by atoms with van der Waals surface area (Å²) in [5.74, 6) is 0. The molecular formula is C6H5Cl2NO2S. The highest BCUT2D eigenvalue weighted by Gasteiger charge is 2.14. The van der Waals surface area contributed by atoms with Crippen LogP contribution in [0.1, 0.15) is 5.56 Å². The van der Waals surface area contributed by atoms with Gasteiger partial charge in [-0.25, -0.2) is 13.4 Å². The van der Waals surface area contributed by atoms with Crippen molar-refractivity contribution in [2.24, 2.45) is 0 Å². The van der Waals surface area contributed by atoms with E-state index in [4.69, 9.17) is 22.3 Å². The van der Waals surface area contributed by atoms with Crippen LogP contribution in [0.25, 0.3) is 0 Å². The van der Waals surface area contributed by atoms with Crippen LogP contribution in [0.4, 0.5) is 0 Å². The quantitative estimate of drug-likeness (QED) is 0.687. The number of nitrogens with zero attached hydrogens (tertiary/aromatic N) is 1. The Labute approximate surface area is 79.8 Å². The minimum absolute atomic E-state index is 0.145. The standard InChI is InChI=1S/C6H5Cl2NO2S/c1-4-2-5(7)3-9-6(4)12(8,10)11/h2-3H,1H3.